The summed E-state index contributed by atoms with van der Waals surface area (Å²) < 4.78 is 56.5. The van der Waals surface area contributed by atoms with E-state index in [4.69, 9.17) is 5.73 Å². The highest BCUT2D eigenvalue weighted by Crippen LogP contribution is 2.40. The molecule has 0 aliphatic rings. The van der Waals surface area contributed by atoms with Crippen LogP contribution in [-0.2, 0) is 16.9 Å². The molecule has 1 atom stereocenters. The van der Waals surface area contributed by atoms with Gasteiger partial charge < -0.3 is 15.2 Å². The van der Waals surface area contributed by atoms with E-state index < -0.39 is 29.8 Å². The lowest BCUT2D eigenvalue weighted by molar-refractivity contribution is -0.269. The lowest BCUT2D eigenvalue weighted by Crippen LogP contribution is -2.42. The molecule has 3 N–H and O–H groups in total. The maximum Gasteiger partial charge on any atom is 0.423 e. The third kappa shape index (κ3) is 4.67. The highest BCUT2D eigenvalue weighted by molar-refractivity contribution is 5.92. The number of pyridine rings is 1. The second kappa shape index (κ2) is 8.99. The Hall–Kier alpha value is -3.99. The number of halogens is 4. The molecule has 0 spiro atoms. The first kappa shape index (κ1) is 24.1. The minimum Gasteiger partial charge on any atom is -0.375 e. The van der Waals surface area contributed by atoms with E-state index in [2.05, 4.69) is 10.3 Å². The molecule has 182 valence electrons. The molecule has 35 heavy (non-hydrogen) atoms. The lowest BCUT2D eigenvalue weighted by atomic mass is 9.96. The van der Waals surface area contributed by atoms with Crippen LogP contribution in [0.2, 0.25) is 0 Å². The van der Waals surface area contributed by atoms with Gasteiger partial charge in [-0.3, -0.25) is 4.79 Å². The van der Waals surface area contributed by atoms with Crippen LogP contribution >= 0.6 is 0 Å². The molecular formula is C24H21F4N5O2. The van der Waals surface area contributed by atoms with Gasteiger partial charge in [0, 0.05) is 23.4 Å². The molecule has 1 unspecified atom stereocenters. The average molecular weight is 487 g/mol. The van der Waals surface area contributed by atoms with Gasteiger partial charge in [0.25, 0.3) is 0 Å². The highest BCUT2D eigenvalue weighted by Gasteiger charge is 2.55. The van der Waals surface area contributed by atoms with E-state index in [0.717, 1.165) is 6.20 Å². The Bertz CT molecular complexity index is 1410. The Morgan fingerprint density at radius 3 is 2.51 bits per heavy atom. The van der Waals surface area contributed by atoms with Crippen LogP contribution in [0.3, 0.4) is 0 Å². The molecule has 3 aromatic heterocycles. The number of benzene rings is 1. The molecule has 1 aromatic carbocycles. The summed E-state index contributed by atoms with van der Waals surface area (Å²) in [5.41, 5.74) is 5.06. The lowest BCUT2D eigenvalue weighted by Gasteiger charge is -2.26. The first-order valence-electron chi connectivity index (χ1n) is 10.6. The van der Waals surface area contributed by atoms with Gasteiger partial charge in [0.2, 0.25) is 11.5 Å². The van der Waals surface area contributed by atoms with Crippen LogP contribution in [0.25, 0.3) is 22.9 Å². The summed E-state index contributed by atoms with van der Waals surface area (Å²) in [6.07, 6.45) is 0.110. The van der Waals surface area contributed by atoms with Gasteiger partial charge in [0.05, 0.1) is 18.4 Å². The molecule has 3 heterocycles. The summed E-state index contributed by atoms with van der Waals surface area (Å²) in [6, 6.07) is 11.2. The number of carbonyl (C=O) groups is 1. The van der Waals surface area contributed by atoms with Crippen molar-refractivity contribution in [3.05, 3.63) is 83.6 Å². The van der Waals surface area contributed by atoms with Crippen molar-refractivity contribution in [2.24, 2.45) is 5.73 Å². The average Bonchev–Trinajstić information content (AvgIpc) is 3.41. The van der Waals surface area contributed by atoms with E-state index in [9.17, 15) is 27.5 Å². The molecule has 0 radical (unpaired) electrons. The summed E-state index contributed by atoms with van der Waals surface area (Å²) in [5.74, 6) is -1.02. The van der Waals surface area contributed by atoms with Gasteiger partial charge >= 0.3 is 6.18 Å². The molecule has 4 rings (SSSR count). The van der Waals surface area contributed by atoms with Gasteiger partial charge in [-0.05, 0) is 66.1 Å². The Kier molecular flexibility index (Phi) is 6.20. The molecule has 4 aromatic rings. The quantitative estimate of drug-likeness (QED) is 0.304. The Morgan fingerprint density at radius 1 is 1.17 bits per heavy atom. The minimum atomic E-state index is -4.89. The number of rotatable bonds is 7. The van der Waals surface area contributed by atoms with E-state index in [1.54, 1.807) is 42.6 Å². The van der Waals surface area contributed by atoms with Gasteiger partial charge in [-0.25, -0.2) is 9.07 Å². The minimum absolute atomic E-state index is 0.102. The first-order valence-corrected chi connectivity index (χ1v) is 10.6. The summed E-state index contributed by atoms with van der Waals surface area (Å²) in [7, 11) is 0. The van der Waals surface area contributed by atoms with E-state index in [1.807, 2.05) is 4.40 Å². The molecule has 0 aliphatic heterocycles. The number of nitrogens with zero attached hydrogens (tertiary/aromatic N) is 4. The number of aliphatic hydroxyl groups is 1. The van der Waals surface area contributed by atoms with Crippen molar-refractivity contribution in [3.8, 4) is 11.3 Å². The summed E-state index contributed by atoms with van der Waals surface area (Å²) in [5, 5.41) is 17.4. The number of primary amides is 1. The summed E-state index contributed by atoms with van der Waals surface area (Å²) in [6.45, 7) is 1.32. The van der Waals surface area contributed by atoms with E-state index in [1.165, 1.54) is 29.8 Å². The van der Waals surface area contributed by atoms with Crippen LogP contribution in [0.5, 0.6) is 0 Å². The van der Waals surface area contributed by atoms with E-state index in [0.29, 0.717) is 27.9 Å². The van der Waals surface area contributed by atoms with Gasteiger partial charge in [0.15, 0.2) is 0 Å². The molecule has 0 aliphatic carbocycles. The summed E-state index contributed by atoms with van der Waals surface area (Å²) >= 11 is 0. The third-order valence-corrected chi connectivity index (χ3v) is 5.70. The molecule has 7 nitrogen and oxygen atoms in total. The second-order valence-electron chi connectivity index (χ2n) is 8.03. The molecule has 1 amide bonds. The van der Waals surface area contributed by atoms with Crippen LogP contribution in [0.1, 0.15) is 30.2 Å². The maximum atomic E-state index is 13.4. The summed E-state index contributed by atoms with van der Waals surface area (Å²) in [4.78, 5) is 11.3. The Morgan fingerprint density at radius 2 is 1.89 bits per heavy atom. The van der Waals surface area contributed by atoms with Crippen LogP contribution in [0, 0.1) is 5.82 Å². The van der Waals surface area contributed by atoms with Crippen molar-refractivity contribution in [2.45, 2.75) is 31.7 Å². The van der Waals surface area contributed by atoms with Gasteiger partial charge in [0.1, 0.15) is 11.5 Å². The van der Waals surface area contributed by atoms with Crippen molar-refractivity contribution in [1.29, 1.82) is 0 Å². The number of carbonyl (C=O) groups excluding carboxylic acids is 1. The van der Waals surface area contributed by atoms with Crippen LogP contribution in [0.15, 0.2) is 60.9 Å². The van der Waals surface area contributed by atoms with Crippen molar-refractivity contribution in [1.82, 2.24) is 19.4 Å². The number of hydrogen-bond donors (Lipinski definition) is 2. The zero-order valence-electron chi connectivity index (χ0n) is 18.5. The normalized spacial score (nSPS) is 14.0. The first-order chi connectivity index (χ1) is 16.5. The molecule has 0 fully saturated rings. The molecular weight excluding hydrogens is 466 g/mol. The number of amides is 1. The number of alkyl halides is 3. The van der Waals surface area contributed by atoms with E-state index >= 15 is 0 Å². The number of aromatic nitrogens is 4. The zero-order chi connectivity index (χ0) is 25.4. The Labute approximate surface area is 197 Å². The SMILES string of the molecule is CCC(O)(c1cn(Cc2ccn3c(-c4ccc(F)cc4)c(/C=C/C(N)=O)cc3c2)nn1)C(F)(F)F. The maximum absolute atomic E-state index is 13.4. The third-order valence-electron chi connectivity index (χ3n) is 5.70. The van der Waals surface area contributed by atoms with Crippen LogP contribution in [0.4, 0.5) is 17.6 Å². The standard InChI is InChI=1S/C24H21F4N5O2/c1-2-23(35,24(26,27)28)20-14-32(31-30-20)13-15-9-10-33-19(11-15)12-17(5-8-21(29)34)22(33)16-3-6-18(25)7-4-16/h3-12,14,35H,2,13H2,1H3,(H2,29,34)/b8-5+. The molecule has 0 saturated carbocycles. The molecule has 0 saturated heterocycles. The zero-order valence-corrected chi connectivity index (χ0v) is 18.5. The Balaban J connectivity index is 1.71. The number of hydrogen-bond acceptors (Lipinski definition) is 4. The second-order valence-corrected chi connectivity index (χ2v) is 8.03. The fourth-order valence-electron chi connectivity index (χ4n) is 3.84. The predicted molar refractivity (Wildman–Crippen MR) is 120 cm³/mol. The molecule has 11 heteroatoms. The van der Waals surface area contributed by atoms with Crippen molar-refractivity contribution < 1.29 is 27.5 Å². The van der Waals surface area contributed by atoms with E-state index in [-0.39, 0.29) is 12.4 Å². The smallest absolute Gasteiger partial charge is 0.375 e. The van der Waals surface area contributed by atoms with Crippen molar-refractivity contribution in [3.63, 3.8) is 0 Å². The number of fused-ring (bicyclic) bond motifs is 1. The van der Waals surface area contributed by atoms with Gasteiger partial charge in [-0.2, -0.15) is 13.2 Å². The van der Waals surface area contributed by atoms with Gasteiger partial charge in [-0.15, -0.1) is 5.10 Å². The van der Waals surface area contributed by atoms with Crippen molar-refractivity contribution in [2.75, 3.05) is 0 Å². The fourth-order valence-corrected chi connectivity index (χ4v) is 3.84. The van der Waals surface area contributed by atoms with Crippen LogP contribution < -0.4 is 5.73 Å². The van der Waals surface area contributed by atoms with Gasteiger partial charge in [-0.1, -0.05) is 12.1 Å². The van der Waals surface area contributed by atoms with Crippen molar-refractivity contribution >= 4 is 17.5 Å². The monoisotopic (exact) mass is 487 g/mol. The van der Waals surface area contributed by atoms with Crippen LogP contribution in [-0.4, -0.2) is 36.6 Å². The number of nitrogens with two attached hydrogens (primary N) is 1. The largest absolute Gasteiger partial charge is 0.423 e. The topological polar surface area (TPSA) is 98.4 Å². The fraction of sp³-hybridized carbons (Fsp3) is 0.208. The predicted octanol–water partition coefficient (Wildman–Crippen LogP) is 4.04. The molecule has 0 bridgehead atoms. The highest BCUT2D eigenvalue weighted by atomic mass is 19.4.